The van der Waals surface area contributed by atoms with Gasteiger partial charge in [-0.25, -0.2) is 0 Å². The molecule has 1 aliphatic carbocycles. The first-order valence-electron chi connectivity index (χ1n) is 6.17. The number of carbonyl (C=O) groups is 1. The maximum absolute atomic E-state index is 12.3. The summed E-state index contributed by atoms with van der Waals surface area (Å²) in [6.45, 7) is 0.564. The molecule has 1 fully saturated rings. The molecule has 4 heteroatoms. The Labute approximate surface area is 102 Å². The summed E-state index contributed by atoms with van der Waals surface area (Å²) in [4.78, 5) is 14.0. The van der Waals surface area contributed by atoms with Crippen molar-refractivity contribution in [1.82, 2.24) is 4.90 Å². The molecule has 2 N–H and O–H groups in total. The van der Waals surface area contributed by atoms with Crippen LogP contribution in [-0.4, -0.2) is 23.4 Å². The highest BCUT2D eigenvalue weighted by Crippen LogP contribution is 2.27. The fourth-order valence-electron chi connectivity index (χ4n) is 2.50. The van der Waals surface area contributed by atoms with Crippen LogP contribution >= 0.6 is 0 Å². The van der Waals surface area contributed by atoms with E-state index >= 15 is 0 Å². The summed E-state index contributed by atoms with van der Waals surface area (Å²) < 4.78 is 5.00. The average Bonchev–Trinajstić information content (AvgIpc) is 2.81. The van der Waals surface area contributed by atoms with E-state index < -0.39 is 5.54 Å². The zero-order chi connectivity index (χ0) is 12.3. The molecule has 4 nitrogen and oxygen atoms in total. The number of nitrogens with two attached hydrogens (primary N) is 1. The molecule has 0 atom stereocenters. The number of amides is 1. The molecule has 0 saturated heterocycles. The second-order valence-electron chi connectivity index (χ2n) is 5.01. The van der Waals surface area contributed by atoms with Crippen LogP contribution in [0, 0.1) is 0 Å². The minimum Gasteiger partial charge on any atom is -0.472 e. The molecular weight excluding hydrogens is 216 g/mol. The lowest BCUT2D eigenvalue weighted by Crippen LogP contribution is -2.55. The Kier molecular flexibility index (Phi) is 3.52. The summed E-state index contributed by atoms with van der Waals surface area (Å²) in [5.41, 5.74) is 6.58. The fraction of sp³-hybridized carbons (Fsp3) is 0.615. The van der Waals surface area contributed by atoms with E-state index in [1.807, 2.05) is 6.07 Å². The third kappa shape index (κ3) is 2.69. The van der Waals surface area contributed by atoms with E-state index in [2.05, 4.69) is 0 Å². The van der Waals surface area contributed by atoms with Crippen molar-refractivity contribution in [2.45, 2.75) is 44.2 Å². The summed E-state index contributed by atoms with van der Waals surface area (Å²) in [6.07, 6.45) is 8.20. The van der Waals surface area contributed by atoms with Gasteiger partial charge in [-0.2, -0.15) is 0 Å². The molecule has 2 rings (SSSR count). The fourth-order valence-corrected chi connectivity index (χ4v) is 2.50. The Morgan fingerprint density at radius 1 is 1.47 bits per heavy atom. The predicted molar refractivity (Wildman–Crippen MR) is 65.2 cm³/mol. The van der Waals surface area contributed by atoms with E-state index in [1.165, 1.54) is 6.42 Å². The Bertz CT molecular complexity index is 367. The van der Waals surface area contributed by atoms with Crippen molar-refractivity contribution in [3.05, 3.63) is 24.2 Å². The van der Waals surface area contributed by atoms with Gasteiger partial charge < -0.3 is 15.1 Å². The average molecular weight is 236 g/mol. The number of likely N-dealkylation sites (N-methyl/N-ethyl adjacent to an activating group) is 1. The van der Waals surface area contributed by atoms with Gasteiger partial charge >= 0.3 is 0 Å². The van der Waals surface area contributed by atoms with Gasteiger partial charge in [0, 0.05) is 19.2 Å². The zero-order valence-electron chi connectivity index (χ0n) is 10.3. The van der Waals surface area contributed by atoms with Gasteiger partial charge in [-0.15, -0.1) is 0 Å². The number of nitrogens with zero attached hydrogens (tertiary/aromatic N) is 1. The molecule has 1 aliphatic rings. The van der Waals surface area contributed by atoms with E-state index in [0.29, 0.717) is 6.54 Å². The topological polar surface area (TPSA) is 59.5 Å². The molecule has 0 unspecified atom stereocenters. The summed E-state index contributed by atoms with van der Waals surface area (Å²) in [7, 11) is 1.80. The van der Waals surface area contributed by atoms with Crippen LogP contribution in [-0.2, 0) is 11.3 Å². The van der Waals surface area contributed by atoms with Crippen LogP contribution in [0.2, 0.25) is 0 Å². The lowest BCUT2D eigenvalue weighted by atomic mass is 9.81. The van der Waals surface area contributed by atoms with Crippen molar-refractivity contribution in [3.63, 3.8) is 0 Å². The first-order chi connectivity index (χ1) is 8.12. The van der Waals surface area contributed by atoms with E-state index in [4.69, 9.17) is 10.2 Å². The molecule has 0 aliphatic heterocycles. The van der Waals surface area contributed by atoms with Crippen LogP contribution in [0.4, 0.5) is 0 Å². The largest absolute Gasteiger partial charge is 0.472 e. The van der Waals surface area contributed by atoms with Gasteiger partial charge in [0.15, 0.2) is 0 Å². The number of carbonyl (C=O) groups excluding carboxylic acids is 1. The molecule has 1 aromatic rings. The number of rotatable bonds is 3. The molecule has 0 spiro atoms. The van der Waals surface area contributed by atoms with E-state index in [9.17, 15) is 4.79 Å². The predicted octanol–water partition coefficient (Wildman–Crippen LogP) is 1.90. The molecule has 17 heavy (non-hydrogen) atoms. The van der Waals surface area contributed by atoms with Crippen molar-refractivity contribution < 1.29 is 9.21 Å². The molecular formula is C13H20N2O2. The van der Waals surface area contributed by atoms with E-state index in [0.717, 1.165) is 31.2 Å². The maximum Gasteiger partial charge on any atom is 0.242 e. The second-order valence-corrected chi connectivity index (χ2v) is 5.01. The molecule has 1 aromatic heterocycles. The molecule has 0 bridgehead atoms. The van der Waals surface area contributed by atoms with Crippen molar-refractivity contribution in [2.24, 2.45) is 5.73 Å². The molecule has 94 valence electrons. The molecule has 0 aromatic carbocycles. The van der Waals surface area contributed by atoms with Crippen molar-refractivity contribution in [3.8, 4) is 0 Å². The van der Waals surface area contributed by atoms with Gasteiger partial charge in [-0.3, -0.25) is 4.79 Å². The van der Waals surface area contributed by atoms with Crippen LogP contribution < -0.4 is 5.73 Å². The van der Waals surface area contributed by atoms with Crippen molar-refractivity contribution in [1.29, 1.82) is 0 Å². The third-order valence-electron chi connectivity index (χ3n) is 3.52. The SMILES string of the molecule is CN(Cc1ccoc1)C(=O)C1(N)CCCCC1. The first kappa shape index (κ1) is 12.2. The van der Waals surface area contributed by atoms with Gasteiger partial charge in [0.05, 0.1) is 18.1 Å². The number of furan rings is 1. The lowest BCUT2D eigenvalue weighted by molar-refractivity contribution is -0.137. The minimum atomic E-state index is -0.642. The van der Waals surface area contributed by atoms with Gasteiger partial charge in [-0.1, -0.05) is 19.3 Å². The molecule has 1 heterocycles. The van der Waals surface area contributed by atoms with Gasteiger partial charge in [0.1, 0.15) is 0 Å². The first-order valence-corrected chi connectivity index (χ1v) is 6.17. The van der Waals surface area contributed by atoms with Gasteiger partial charge in [-0.05, 0) is 18.9 Å². The highest BCUT2D eigenvalue weighted by atomic mass is 16.3. The smallest absolute Gasteiger partial charge is 0.242 e. The highest BCUT2D eigenvalue weighted by Gasteiger charge is 2.37. The van der Waals surface area contributed by atoms with Crippen LogP contribution in [0.1, 0.15) is 37.7 Å². The van der Waals surface area contributed by atoms with Crippen molar-refractivity contribution in [2.75, 3.05) is 7.05 Å². The highest BCUT2D eigenvalue weighted by molar-refractivity contribution is 5.86. The van der Waals surface area contributed by atoms with E-state index in [1.54, 1.807) is 24.5 Å². The minimum absolute atomic E-state index is 0.0541. The maximum atomic E-state index is 12.3. The zero-order valence-corrected chi connectivity index (χ0v) is 10.3. The monoisotopic (exact) mass is 236 g/mol. The summed E-state index contributed by atoms with van der Waals surface area (Å²) >= 11 is 0. The van der Waals surface area contributed by atoms with Crippen LogP contribution in [0.25, 0.3) is 0 Å². The van der Waals surface area contributed by atoms with Gasteiger partial charge in [0.25, 0.3) is 0 Å². The normalized spacial score (nSPS) is 18.9. The van der Waals surface area contributed by atoms with Crippen LogP contribution in [0.15, 0.2) is 23.0 Å². The van der Waals surface area contributed by atoms with E-state index in [-0.39, 0.29) is 5.91 Å². The Morgan fingerprint density at radius 3 is 2.76 bits per heavy atom. The molecule has 0 radical (unpaired) electrons. The summed E-state index contributed by atoms with van der Waals surface area (Å²) in [5, 5.41) is 0. The lowest BCUT2D eigenvalue weighted by Gasteiger charge is -2.35. The Balaban J connectivity index is 1.98. The third-order valence-corrected chi connectivity index (χ3v) is 3.52. The molecule has 1 amide bonds. The summed E-state index contributed by atoms with van der Waals surface area (Å²) in [6, 6.07) is 1.87. The number of hydrogen-bond acceptors (Lipinski definition) is 3. The van der Waals surface area contributed by atoms with Crippen LogP contribution in [0.3, 0.4) is 0 Å². The standard InChI is InChI=1S/C13H20N2O2/c1-15(9-11-5-8-17-10-11)12(16)13(14)6-3-2-4-7-13/h5,8,10H,2-4,6-7,9,14H2,1H3. The van der Waals surface area contributed by atoms with Crippen molar-refractivity contribution >= 4 is 5.91 Å². The quantitative estimate of drug-likeness (QED) is 0.872. The van der Waals surface area contributed by atoms with Crippen LogP contribution in [0.5, 0.6) is 0 Å². The number of hydrogen-bond donors (Lipinski definition) is 1. The second kappa shape index (κ2) is 4.92. The molecule has 1 saturated carbocycles. The van der Waals surface area contributed by atoms with Gasteiger partial charge in [0.2, 0.25) is 5.91 Å². The Morgan fingerprint density at radius 2 is 2.18 bits per heavy atom. The Hall–Kier alpha value is -1.29. The summed E-state index contributed by atoms with van der Waals surface area (Å²) in [5.74, 6) is 0.0541.